The summed E-state index contributed by atoms with van der Waals surface area (Å²) in [4.78, 5) is 11.8. The summed E-state index contributed by atoms with van der Waals surface area (Å²) in [5.41, 5.74) is 0.415. The minimum Gasteiger partial charge on any atom is -0.369 e. The van der Waals surface area contributed by atoms with Gasteiger partial charge in [-0.25, -0.2) is 0 Å². The van der Waals surface area contributed by atoms with Gasteiger partial charge in [-0.15, -0.1) is 11.6 Å². The highest BCUT2D eigenvalue weighted by atomic mass is 35.5. The van der Waals surface area contributed by atoms with Gasteiger partial charge in [-0.3, -0.25) is 4.79 Å². The van der Waals surface area contributed by atoms with E-state index in [-0.39, 0.29) is 18.6 Å². The third-order valence-corrected chi connectivity index (χ3v) is 3.18. The Bertz CT molecular complexity index is 381. The maximum absolute atomic E-state index is 11.8. The Morgan fingerprint density at radius 3 is 2.50 bits per heavy atom. The largest absolute Gasteiger partial charge is 0.369 e. The molecule has 4 heteroatoms. The molecule has 0 aromatic heterocycles. The predicted octanol–water partition coefficient (Wildman–Crippen LogP) is 2.68. The molecule has 0 saturated heterocycles. The van der Waals surface area contributed by atoms with Crippen molar-refractivity contribution >= 4 is 17.5 Å². The Morgan fingerprint density at radius 1 is 1.39 bits per heavy atom. The van der Waals surface area contributed by atoms with Crippen LogP contribution in [0, 0.1) is 0 Å². The topological polar surface area (TPSA) is 38.3 Å². The van der Waals surface area contributed by atoms with Crippen molar-refractivity contribution in [1.29, 1.82) is 0 Å². The lowest BCUT2D eigenvalue weighted by Crippen LogP contribution is -2.46. The molecule has 0 aliphatic rings. The van der Waals surface area contributed by atoms with E-state index in [1.165, 1.54) is 0 Å². The maximum Gasteiger partial charge on any atom is 0.246 e. The van der Waals surface area contributed by atoms with Crippen LogP contribution in [0.4, 0.5) is 0 Å². The van der Waals surface area contributed by atoms with Crippen LogP contribution < -0.4 is 5.32 Å². The minimum atomic E-state index is -0.569. The van der Waals surface area contributed by atoms with Crippen molar-refractivity contribution < 1.29 is 9.53 Å². The molecular weight excluding hydrogens is 250 g/mol. The van der Waals surface area contributed by atoms with Crippen LogP contribution in [-0.4, -0.2) is 24.5 Å². The molecule has 0 bridgehead atoms. The summed E-state index contributed by atoms with van der Waals surface area (Å²) in [5, 5.41) is 2.92. The lowest BCUT2D eigenvalue weighted by atomic mass is 9.94. The van der Waals surface area contributed by atoms with Gasteiger partial charge >= 0.3 is 0 Å². The number of benzene rings is 1. The molecule has 3 nitrogen and oxygen atoms in total. The quantitative estimate of drug-likeness (QED) is 0.807. The van der Waals surface area contributed by atoms with E-state index in [9.17, 15) is 4.79 Å². The van der Waals surface area contributed by atoms with Gasteiger partial charge in [0.05, 0.1) is 11.6 Å². The molecule has 0 saturated carbocycles. The highest BCUT2D eigenvalue weighted by Crippen LogP contribution is 2.21. The van der Waals surface area contributed by atoms with Crippen LogP contribution in [0.5, 0.6) is 0 Å². The number of amides is 1. The van der Waals surface area contributed by atoms with Gasteiger partial charge in [-0.05, 0) is 26.3 Å². The molecule has 100 valence electrons. The smallest absolute Gasteiger partial charge is 0.246 e. The zero-order chi connectivity index (χ0) is 13.6. The zero-order valence-electron chi connectivity index (χ0n) is 11.1. The fourth-order valence-corrected chi connectivity index (χ4v) is 1.80. The summed E-state index contributed by atoms with van der Waals surface area (Å²) >= 11 is 5.99. The number of halogens is 1. The van der Waals surface area contributed by atoms with Crippen molar-refractivity contribution in [3.8, 4) is 0 Å². The molecular formula is C14H20ClNO2. The normalized spacial score (nSPS) is 14.3. The molecule has 1 amide bonds. The Labute approximate surface area is 113 Å². The first-order chi connectivity index (χ1) is 8.48. The average Bonchev–Trinajstić information content (AvgIpc) is 2.37. The van der Waals surface area contributed by atoms with E-state index in [0.29, 0.717) is 5.88 Å². The molecule has 1 atom stereocenters. The molecule has 1 aromatic rings. The van der Waals surface area contributed by atoms with Gasteiger partial charge in [-0.1, -0.05) is 30.3 Å². The maximum atomic E-state index is 11.8. The van der Waals surface area contributed by atoms with Gasteiger partial charge in [-0.2, -0.15) is 0 Å². The first-order valence-electron chi connectivity index (χ1n) is 6.02. The number of ether oxygens (including phenoxy) is 1. The van der Waals surface area contributed by atoms with Gasteiger partial charge in [0.15, 0.2) is 0 Å². The molecule has 1 aromatic carbocycles. The van der Waals surface area contributed by atoms with Crippen molar-refractivity contribution in [2.24, 2.45) is 0 Å². The van der Waals surface area contributed by atoms with Gasteiger partial charge < -0.3 is 10.1 Å². The zero-order valence-corrected chi connectivity index (χ0v) is 11.8. The SMILES string of the molecule is CC(C)OCC(=O)NC(C)(CCl)c1ccccc1. The highest BCUT2D eigenvalue weighted by molar-refractivity contribution is 6.18. The van der Waals surface area contributed by atoms with Crippen LogP contribution in [0.25, 0.3) is 0 Å². The van der Waals surface area contributed by atoms with E-state index in [1.54, 1.807) is 0 Å². The number of carbonyl (C=O) groups is 1. The monoisotopic (exact) mass is 269 g/mol. The average molecular weight is 270 g/mol. The van der Waals surface area contributed by atoms with Crippen molar-refractivity contribution in [3.05, 3.63) is 35.9 Å². The molecule has 0 aliphatic heterocycles. The van der Waals surface area contributed by atoms with E-state index >= 15 is 0 Å². The molecule has 1 rings (SSSR count). The van der Waals surface area contributed by atoms with Crippen LogP contribution in [0.2, 0.25) is 0 Å². The van der Waals surface area contributed by atoms with Crippen LogP contribution in [0.3, 0.4) is 0 Å². The van der Waals surface area contributed by atoms with Gasteiger partial charge in [0.1, 0.15) is 6.61 Å². The molecule has 1 unspecified atom stereocenters. The standard InChI is InChI=1S/C14H20ClNO2/c1-11(2)18-9-13(17)16-14(3,10-15)12-7-5-4-6-8-12/h4-8,11H,9-10H2,1-3H3,(H,16,17). The Morgan fingerprint density at radius 2 is 2.00 bits per heavy atom. The van der Waals surface area contributed by atoms with E-state index in [2.05, 4.69) is 5.32 Å². The summed E-state index contributed by atoms with van der Waals surface area (Å²) in [7, 11) is 0. The third kappa shape index (κ3) is 4.31. The Kier molecular flexibility index (Phi) is 5.63. The number of hydrogen-bond donors (Lipinski definition) is 1. The summed E-state index contributed by atoms with van der Waals surface area (Å²) < 4.78 is 5.27. The molecule has 0 spiro atoms. The van der Waals surface area contributed by atoms with E-state index in [1.807, 2.05) is 51.1 Å². The number of carbonyl (C=O) groups excluding carboxylic acids is 1. The molecule has 0 aliphatic carbocycles. The van der Waals surface area contributed by atoms with Crippen LogP contribution in [-0.2, 0) is 15.1 Å². The minimum absolute atomic E-state index is 0.0368. The lowest BCUT2D eigenvalue weighted by molar-refractivity contribution is -0.128. The van der Waals surface area contributed by atoms with Crippen LogP contribution in [0.1, 0.15) is 26.3 Å². The Hall–Kier alpha value is -1.06. The first-order valence-corrected chi connectivity index (χ1v) is 6.55. The van der Waals surface area contributed by atoms with E-state index in [0.717, 1.165) is 5.56 Å². The first kappa shape index (κ1) is 15.0. The number of nitrogens with one attached hydrogen (secondary N) is 1. The number of rotatable bonds is 6. The van der Waals surface area contributed by atoms with Gasteiger partial charge in [0.2, 0.25) is 5.91 Å². The Balaban J connectivity index is 2.69. The second-order valence-electron chi connectivity index (χ2n) is 4.74. The summed E-state index contributed by atoms with van der Waals surface area (Å²) in [6, 6.07) is 9.69. The van der Waals surface area contributed by atoms with Crippen molar-refractivity contribution in [1.82, 2.24) is 5.32 Å². The van der Waals surface area contributed by atoms with Crippen molar-refractivity contribution in [2.45, 2.75) is 32.4 Å². The second kappa shape index (κ2) is 6.76. The molecule has 0 radical (unpaired) electrons. The van der Waals surface area contributed by atoms with E-state index in [4.69, 9.17) is 16.3 Å². The number of hydrogen-bond acceptors (Lipinski definition) is 2. The third-order valence-electron chi connectivity index (χ3n) is 2.64. The summed E-state index contributed by atoms with van der Waals surface area (Å²) in [5.74, 6) is 0.153. The lowest BCUT2D eigenvalue weighted by Gasteiger charge is -2.29. The van der Waals surface area contributed by atoms with Gasteiger partial charge in [0, 0.05) is 5.88 Å². The molecule has 0 fully saturated rings. The van der Waals surface area contributed by atoms with Crippen molar-refractivity contribution in [2.75, 3.05) is 12.5 Å². The van der Waals surface area contributed by atoms with E-state index < -0.39 is 5.54 Å². The number of alkyl halides is 1. The highest BCUT2D eigenvalue weighted by Gasteiger charge is 2.27. The second-order valence-corrected chi connectivity index (χ2v) is 5.01. The fraction of sp³-hybridized carbons (Fsp3) is 0.500. The predicted molar refractivity (Wildman–Crippen MR) is 73.7 cm³/mol. The van der Waals surface area contributed by atoms with Crippen LogP contribution >= 0.6 is 11.6 Å². The summed E-state index contributed by atoms with van der Waals surface area (Å²) in [6.45, 7) is 5.75. The summed E-state index contributed by atoms with van der Waals surface area (Å²) in [6.07, 6.45) is 0.0368. The van der Waals surface area contributed by atoms with Crippen molar-refractivity contribution in [3.63, 3.8) is 0 Å². The fourth-order valence-electron chi connectivity index (χ4n) is 1.57. The van der Waals surface area contributed by atoms with Crippen LogP contribution in [0.15, 0.2) is 30.3 Å². The van der Waals surface area contributed by atoms with Gasteiger partial charge in [0.25, 0.3) is 0 Å². The molecule has 18 heavy (non-hydrogen) atoms. The molecule has 0 heterocycles. The molecule has 1 N–H and O–H groups in total.